The quantitative estimate of drug-likeness (QED) is 0.572. The molecular formula is C21H22N8O. The number of aromatic nitrogens is 5. The van der Waals surface area contributed by atoms with Crippen molar-refractivity contribution in [2.24, 2.45) is 5.73 Å². The molecule has 0 spiro atoms. The highest BCUT2D eigenvalue weighted by molar-refractivity contribution is 5.67. The first-order chi connectivity index (χ1) is 14.7. The number of hydrogen-bond donors (Lipinski definition) is 3. The molecule has 0 amide bonds. The van der Waals surface area contributed by atoms with Crippen LogP contribution in [0.4, 0.5) is 11.6 Å². The Morgan fingerprint density at radius 1 is 1.13 bits per heavy atom. The Morgan fingerprint density at radius 2 is 2.03 bits per heavy atom. The van der Waals surface area contributed by atoms with Gasteiger partial charge in [-0.3, -0.25) is 5.10 Å². The van der Waals surface area contributed by atoms with Gasteiger partial charge in [0, 0.05) is 23.7 Å². The SMILES string of the molecule is N#Cc1cnc(Nc2cc(-c3nc(C4CC4)ccc3O[C@@H]3CC[C@H](N)C3)[nH]n2)cn1. The summed E-state index contributed by atoms with van der Waals surface area (Å²) in [6, 6.07) is 8.09. The molecule has 3 aromatic rings. The number of nitrogens with two attached hydrogens (primary N) is 1. The number of hydrogen-bond acceptors (Lipinski definition) is 8. The molecular weight excluding hydrogens is 380 g/mol. The Bertz CT molecular complexity index is 1080. The highest BCUT2D eigenvalue weighted by atomic mass is 16.5. The molecule has 9 heteroatoms. The summed E-state index contributed by atoms with van der Waals surface area (Å²) in [5, 5.41) is 19.3. The number of nitrogens with one attached hydrogen (secondary N) is 2. The second kappa shape index (κ2) is 7.72. The summed E-state index contributed by atoms with van der Waals surface area (Å²) in [7, 11) is 0. The summed E-state index contributed by atoms with van der Waals surface area (Å²) < 4.78 is 6.28. The molecule has 2 aliphatic carbocycles. The maximum atomic E-state index is 8.84. The summed E-state index contributed by atoms with van der Waals surface area (Å²) in [5.74, 6) is 2.36. The van der Waals surface area contributed by atoms with Crippen LogP contribution in [0, 0.1) is 11.3 Å². The molecule has 0 aliphatic heterocycles. The molecule has 2 fully saturated rings. The van der Waals surface area contributed by atoms with Gasteiger partial charge in [-0.05, 0) is 44.2 Å². The lowest BCUT2D eigenvalue weighted by atomic mass is 10.2. The number of aromatic amines is 1. The second-order valence-corrected chi connectivity index (χ2v) is 7.86. The van der Waals surface area contributed by atoms with Crippen LogP contribution in [0.3, 0.4) is 0 Å². The minimum absolute atomic E-state index is 0.113. The molecule has 0 unspecified atom stereocenters. The van der Waals surface area contributed by atoms with E-state index in [0.717, 1.165) is 42.1 Å². The van der Waals surface area contributed by atoms with Crippen LogP contribution in [0.1, 0.15) is 49.4 Å². The predicted molar refractivity (Wildman–Crippen MR) is 110 cm³/mol. The molecule has 0 radical (unpaired) electrons. The molecule has 9 nitrogen and oxygen atoms in total. The van der Waals surface area contributed by atoms with Gasteiger partial charge < -0.3 is 15.8 Å². The van der Waals surface area contributed by atoms with E-state index in [0.29, 0.717) is 17.6 Å². The molecule has 3 heterocycles. The third-order valence-corrected chi connectivity index (χ3v) is 5.45. The zero-order valence-electron chi connectivity index (χ0n) is 16.4. The van der Waals surface area contributed by atoms with Crippen LogP contribution in [0.5, 0.6) is 5.75 Å². The van der Waals surface area contributed by atoms with E-state index in [-0.39, 0.29) is 17.8 Å². The number of ether oxygens (including phenoxy) is 1. The van der Waals surface area contributed by atoms with E-state index in [1.54, 1.807) is 0 Å². The van der Waals surface area contributed by atoms with Crippen molar-refractivity contribution in [3.05, 3.63) is 42.0 Å². The smallest absolute Gasteiger partial charge is 0.158 e. The van der Waals surface area contributed by atoms with Crippen LogP contribution >= 0.6 is 0 Å². The number of rotatable bonds is 6. The van der Waals surface area contributed by atoms with Gasteiger partial charge in [0.25, 0.3) is 0 Å². The van der Waals surface area contributed by atoms with Gasteiger partial charge in [0.15, 0.2) is 11.5 Å². The minimum atomic E-state index is 0.113. The van der Waals surface area contributed by atoms with Crippen molar-refractivity contribution in [2.45, 2.75) is 50.2 Å². The molecule has 0 aromatic carbocycles. The normalized spacial score (nSPS) is 20.7. The molecule has 0 bridgehead atoms. The van der Waals surface area contributed by atoms with E-state index in [4.69, 9.17) is 20.7 Å². The van der Waals surface area contributed by atoms with E-state index in [2.05, 4.69) is 31.5 Å². The van der Waals surface area contributed by atoms with Crippen LogP contribution in [0.15, 0.2) is 30.6 Å². The van der Waals surface area contributed by atoms with Crippen molar-refractivity contribution in [2.75, 3.05) is 5.32 Å². The first kappa shape index (κ1) is 18.5. The monoisotopic (exact) mass is 402 g/mol. The summed E-state index contributed by atoms with van der Waals surface area (Å²) in [6.07, 6.45) is 8.17. The highest BCUT2D eigenvalue weighted by Crippen LogP contribution is 2.41. The fourth-order valence-electron chi connectivity index (χ4n) is 3.70. The van der Waals surface area contributed by atoms with Crippen molar-refractivity contribution in [1.29, 1.82) is 5.26 Å². The van der Waals surface area contributed by atoms with Crippen molar-refractivity contribution >= 4 is 11.6 Å². The lowest BCUT2D eigenvalue weighted by Gasteiger charge is -2.16. The molecule has 2 atom stereocenters. The Hall–Kier alpha value is -3.51. The maximum absolute atomic E-state index is 8.84. The van der Waals surface area contributed by atoms with Gasteiger partial charge in [-0.1, -0.05) is 0 Å². The lowest BCUT2D eigenvalue weighted by molar-refractivity contribution is 0.208. The Labute approximate surface area is 173 Å². The Balaban J connectivity index is 1.40. The minimum Gasteiger partial charge on any atom is -0.488 e. The molecule has 30 heavy (non-hydrogen) atoms. The van der Waals surface area contributed by atoms with Gasteiger partial charge in [0.05, 0.1) is 18.1 Å². The second-order valence-electron chi connectivity index (χ2n) is 7.86. The van der Waals surface area contributed by atoms with Gasteiger partial charge in [-0.2, -0.15) is 10.4 Å². The van der Waals surface area contributed by atoms with E-state index in [9.17, 15) is 0 Å². The zero-order valence-corrected chi connectivity index (χ0v) is 16.4. The highest BCUT2D eigenvalue weighted by Gasteiger charge is 2.28. The first-order valence-corrected chi connectivity index (χ1v) is 10.2. The van der Waals surface area contributed by atoms with E-state index >= 15 is 0 Å². The summed E-state index contributed by atoms with van der Waals surface area (Å²) >= 11 is 0. The number of pyridine rings is 1. The predicted octanol–water partition coefficient (Wildman–Crippen LogP) is 3.01. The zero-order chi connectivity index (χ0) is 20.5. The summed E-state index contributed by atoms with van der Waals surface area (Å²) in [6.45, 7) is 0. The average molecular weight is 402 g/mol. The van der Waals surface area contributed by atoms with Crippen LogP contribution in [0.25, 0.3) is 11.4 Å². The number of anilines is 2. The molecule has 5 rings (SSSR count). The van der Waals surface area contributed by atoms with Crippen molar-refractivity contribution in [3.63, 3.8) is 0 Å². The van der Waals surface area contributed by atoms with Gasteiger partial charge in [0.1, 0.15) is 29.4 Å². The first-order valence-electron chi connectivity index (χ1n) is 10.2. The third kappa shape index (κ3) is 3.95. The fourth-order valence-corrected chi connectivity index (χ4v) is 3.70. The Kier molecular flexibility index (Phi) is 4.77. The van der Waals surface area contributed by atoms with Gasteiger partial charge in [-0.15, -0.1) is 0 Å². The van der Waals surface area contributed by atoms with Crippen LogP contribution in [0.2, 0.25) is 0 Å². The lowest BCUT2D eigenvalue weighted by Crippen LogP contribution is -2.19. The number of H-pyrrole nitrogens is 1. The van der Waals surface area contributed by atoms with Gasteiger partial charge in [0.2, 0.25) is 0 Å². The number of nitriles is 1. The Morgan fingerprint density at radius 3 is 2.73 bits per heavy atom. The van der Waals surface area contributed by atoms with Crippen molar-refractivity contribution < 1.29 is 4.74 Å². The van der Waals surface area contributed by atoms with E-state index < -0.39 is 0 Å². The maximum Gasteiger partial charge on any atom is 0.158 e. The van der Waals surface area contributed by atoms with Gasteiger partial charge in [-0.25, -0.2) is 15.0 Å². The van der Waals surface area contributed by atoms with Crippen LogP contribution in [-0.4, -0.2) is 37.3 Å². The molecule has 2 aliphatic rings. The largest absolute Gasteiger partial charge is 0.488 e. The van der Waals surface area contributed by atoms with Crippen LogP contribution in [-0.2, 0) is 0 Å². The van der Waals surface area contributed by atoms with Crippen molar-refractivity contribution in [3.8, 4) is 23.2 Å². The molecule has 3 aromatic heterocycles. The topological polar surface area (TPSA) is 138 Å². The third-order valence-electron chi connectivity index (χ3n) is 5.45. The summed E-state index contributed by atoms with van der Waals surface area (Å²) in [5.41, 5.74) is 8.91. The molecule has 2 saturated carbocycles. The van der Waals surface area contributed by atoms with Crippen LogP contribution < -0.4 is 15.8 Å². The van der Waals surface area contributed by atoms with Gasteiger partial charge >= 0.3 is 0 Å². The summed E-state index contributed by atoms with van der Waals surface area (Å²) in [4.78, 5) is 13.1. The molecule has 152 valence electrons. The average Bonchev–Trinajstić information content (AvgIpc) is 3.38. The van der Waals surface area contributed by atoms with E-state index in [1.165, 1.54) is 25.2 Å². The molecule has 4 N–H and O–H groups in total. The number of nitrogens with zero attached hydrogens (tertiary/aromatic N) is 5. The van der Waals surface area contributed by atoms with Crippen molar-refractivity contribution in [1.82, 2.24) is 25.1 Å². The van der Waals surface area contributed by atoms with E-state index in [1.807, 2.05) is 18.2 Å². The standard InChI is InChI=1S/C21H22N8O/c22-9-14-10-25-20(11-24-14)27-19-8-17(28-29-19)21-18(30-15-4-3-13(23)7-15)6-5-16(26-21)12-1-2-12/h5-6,8,10-13,15H,1-4,7,23H2,(H2,25,27,28,29)/t13-,15+/m0/s1. The molecule has 0 saturated heterocycles. The fraction of sp³-hybridized carbons (Fsp3) is 0.381.